The van der Waals surface area contributed by atoms with Crippen LogP contribution in [0.15, 0.2) is 15.2 Å². The lowest BCUT2D eigenvalue weighted by molar-refractivity contribution is 0.0938. The van der Waals surface area contributed by atoms with E-state index in [0.717, 1.165) is 0 Å². The Balaban J connectivity index is 1.96. The molecule has 2 rings (SSSR count). The number of nitrogens with two attached hydrogens (primary N) is 1. The molecule has 0 radical (unpaired) electrons. The van der Waals surface area contributed by atoms with Gasteiger partial charge in [-0.05, 0) is 17.2 Å². The van der Waals surface area contributed by atoms with Gasteiger partial charge in [0.05, 0.1) is 12.7 Å². The molecule has 0 fully saturated rings. The lowest BCUT2D eigenvalue weighted by Crippen LogP contribution is -2.24. The lowest BCUT2D eigenvalue weighted by atomic mass is 10.4. The average molecular weight is 223 g/mol. The number of hydrogen-bond acceptors (Lipinski definition) is 7. The van der Waals surface area contributed by atoms with Gasteiger partial charge in [0, 0.05) is 0 Å². The quantitative estimate of drug-likeness (QED) is 0.743. The summed E-state index contributed by atoms with van der Waals surface area (Å²) >= 11 is 0. The Labute approximate surface area is 89.8 Å². The van der Waals surface area contributed by atoms with E-state index in [-0.39, 0.29) is 18.1 Å². The predicted molar refractivity (Wildman–Crippen MR) is 51.1 cm³/mol. The van der Waals surface area contributed by atoms with Gasteiger partial charge < -0.3 is 15.5 Å². The second kappa shape index (κ2) is 4.01. The topological polar surface area (TPSA) is 120 Å². The Hall–Kier alpha value is -2.38. The van der Waals surface area contributed by atoms with E-state index >= 15 is 0 Å². The number of rotatable bonds is 3. The molecule has 1 amide bonds. The molecule has 0 atom stereocenters. The normalized spacial score (nSPS) is 10.3. The maximum absolute atomic E-state index is 11.5. The summed E-state index contributed by atoms with van der Waals surface area (Å²) in [6, 6.07) is 0. The van der Waals surface area contributed by atoms with Crippen molar-refractivity contribution in [3.63, 3.8) is 0 Å². The van der Waals surface area contributed by atoms with Gasteiger partial charge in [-0.2, -0.15) is 0 Å². The van der Waals surface area contributed by atoms with Crippen molar-refractivity contribution in [3.8, 4) is 0 Å². The number of carbonyl (C=O) groups excluding carboxylic acids is 1. The Bertz CT molecular complexity index is 503. The van der Waals surface area contributed by atoms with E-state index < -0.39 is 5.91 Å². The smallest absolute Gasteiger partial charge is 0.277 e. The van der Waals surface area contributed by atoms with Crippen LogP contribution in [-0.4, -0.2) is 21.2 Å². The molecule has 0 saturated carbocycles. The standard InChI is InChI=1S/C8H9N5O3/c1-4-2-10-5(15-4)3-11-8(14)6-7(9)13-16-12-6/h2H,3H2,1H3,(H2,9,13)(H,11,14). The van der Waals surface area contributed by atoms with Crippen LogP contribution in [0.1, 0.15) is 22.1 Å². The first kappa shape index (κ1) is 10.1. The average Bonchev–Trinajstić information content (AvgIpc) is 2.84. The lowest BCUT2D eigenvalue weighted by Gasteiger charge is -1.98. The SMILES string of the molecule is Cc1cnc(CNC(=O)c2nonc2N)o1. The van der Waals surface area contributed by atoms with Crippen molar-refractivity contribution in [3.05, 3.63) is 23.5 Å². The van der Waals surface area contributed by atoms with Crippen LogP contribution in [0.3, 0.4) is 0 Å². The molecule has 16 heavy (non-hydrogen) atoms. The van der Waals surface area contributed by atoms with Gasteiger partial charge in [-0.25, -0.2) is 9.61 Å². The number of carbonyl (C=O) groups is 1. The maximum Gasteiger partial charge on any atom is 0.277 e. The number of hydrogen-bond donors (Lipinski definition) is 2. The molecular formula is C8H9N5O3. The highest BCUT2D eigenvalue weighted by Gasteiger charge is 2.16. The minimum atomic E-state index is -0.491. The van der Waals surface area contributed by atoms with Crippen LogP contribution >= 0.6 is 0 Å². The van der Waals surface area contributed by atoms with Gasteiger partial charge >= 0.3 is 0 Å². The first-order valence-electron chi connectivity index (χ1n) is 4.44. The van der Waals surface area contributed by atoms with Crippen molar-refractivity contribution in [1.29, 1.82) is 0 Å². The van der Waals surface area contributed by atoms with Crippen LogP contribution in [0.5, 0.6) is 0 Å². The molecule has 0 aliphatic heterocycles. The van der Waals surface area contributed by atoms with E-state index in [4.69, 9.17) is 10.2 Å². The monoisotopic (exact) mass is 223 g/mol. The molecule has 2 aromatic heterocycles. The molecule has 2 heterocycles. The summed E-state index contributed by atoms with van der Waals surface area (Å²) in [5.74, 6) is 0.531. The van der Waals surface area contributed by atoms with Crippen molar-refractivity contribution in [2.24, 2.45) is 0 Å². The zero-order valence-corrected chi connectivity index (χ0v) is 8.43. The summed E-state index contributed by atoms with van der Waals surface area (Å²) in [5, 5.41) is 9.17. The second-order valence-corrected chi connectivity index (χ2v) is 3.05. The van der Waals surface area contributed by atoms with Crippen LogP contribution in [0.25, 0.3) is 0 Å². The minimum absolute atomic E-state index is 0.0525. The van der Waals surface area contributed by atoms with Crippen molar-refractivity contribution in [2.45, 2.75) is 13.5 Å². The molecule has 84 valence electrons. The minimum Gasteiger partial charge on any atom is -0.444 e. The number of oxazole rings is 1. The molecular weight excluding hydrogens is 214 g/mol. The fourth-order valence-corrected chi connectivity index (χ4v) is 1.08. The van der Waals surface area contributed by atoms with Crippen LogP contribution in [0.2, 0.25) is 0 Å². The molecule has 8 nitrogen and oxygen atoms in total. The van der Waals surface area contributed by atoms with Gasteiger partial charge in [0.25, 0.3) is 5.91 Å². The Morgan fingerprint density at radius 3 is 2.94 bits per heavy atom. The van der Waals surface area contributed by atoms with Crippen LogP contribution < -0.4 is 11.1 Å². The summed E-state index contributed by atoms with van der Waals surface area (Å²) in [5.41, 5.74) is 5.29. The van der Waals surface area contributed by atoms with Crippen LogP contribution in [0.4, 0.5) is 5.82 Å². The highest BCUT2D eigenvalue weighted by molar-refractivity contribution is 5.95. The Kier molecular flexibility index (Phi) is 2.54. The fourth-order valence-electron chi connectivity index (χ4n) is 1.08. The van der Waals surface area contributed by atoms with Gasteiger partial charge in [-0.3, -0.25) is 4.79 Å². The summed E-state index contributed by atoms with van der Waals surface area (Å²) in [4.78, 5) is 15.4. The van der Waals surface area contributed by atoms with Crippen LogP contribution in [0, 0.1) is 6.92 Å². The number of aryl methyl sites for hydroxylation is 1. The van der Waals surface area contributed by atoms with Gasteiger partial charge in [0.1, 0.15) is 5.76 Å². The summed E-state index contributed by atoms with van der Waals surface area (Å²) in [6.07, 6.45) is 1.56. The molecule has 0 spiro atoms. The molecule has 8 heteroatoms. The van der Waals surface area contributed by atoms with Gasteiger partial charge in [0.15, 0.2) is 0 Å². The van der Waals surface area contributed by atoms with E-state index in [2.05, 4.69) is 25.2 Å². The Morgan fingerprint density at radius 1 is 1.56 bits per heavy atom. The molecule has 0 aliphatic carbocycles. The number of nitrogens with one attached hydrogen (secondary N) is 1. The highest BCUT2D eigenvalue weighted by Crippen LogP contribution is 2.05. The number of nitrogen functional groups attached to an aromatic ring is 1. The van der Waals surface area contributed by atoms with Crippen molar-refractivity contribution in [2.75, 3.05) is 5.73 Å². The molecule has 0 aliphatic rings. The zero-order valence-electron chi connectivity index (χ0n) is 8.43. The maximum atomic E-state index is 11.5. The van der Waals surface area contributed by atoms with Gasteiger partial charge in [-0.15, -0.1) is 0 Å². The molecule has 0 bridgehead atoms. The Morgan fingerprint density at radius 2 is 2.38 bits per heavy atom. The van der Waals surface area contributed by atoms with E-state index in [1.807, 2.05) is 0 Å². The molecule has 0 saturated heterocycles. The molecule has 2 aromatic rings. The second-order valence-electron chi connectivity index (χ2n) is 3.05. The van der Waals surface area contributed by atoms with E-state index in [1.165, 1.54) is 0 Å². The third-order valence-corrected chi connectivity index (χ3v) is 1.80. The zero-order chi connectivity index (χ0) is 11.5. The van der Waals surface area contributed by atoms with Gasteiger partial charge in [-0.1, -0.05) is 0 Å². The number of nitrogens with zero attached hydrogens (tertiary/aromatic N) is 3. The van der Waals surface area contributed by atoms with Crippen LogP contribution in [-0.2, 0) is 6.54 Å². The highest BCUT2D eigenvalue weighted by atomic mass is 16.6. The summed E-state index contributed by atoms with van der Waals surface area (Å²) in [6.45, 7) is 1.91. The van der Waals surface area contributed by atoms with E-state index in [1.54, 1.807) is 13.1 Å². The van der Waals surface area contributed by atoms with Crippen molar-refractivity contribution in [1.82, 2.24) is 20.6 Å². The predicted octanol–water partition coefficient (Wildman–Crippen LogP) is -0.122. The fraction of sp³-hybridized carbons (Fsp3) is 0.250. The molecule has 0 unspecified atom stereocenters. The van der Waals surface area contributed by atoms with E-state index in [9.17, 15) is 4.79 Å². The first-order chi connectivity index (χ1) is 7.66. The van der Waals surface area contributed by atoms with Gasteiger partial charge in [0.2, 0.25) is 17.4 Å². The number of aromatic nitrogens is 3. The molecule has 0 aromatic carbocycles. The van der Waals surface area contributed by atoms with Crippen molar-refractivity contribution < 1.29 is 13.8 Å². The summed E-state index contributed by atoms with van der Waals surface area (Å²) < 4.78 is 9.46. The number of amides is 1. The third-order valence-electron chi connectivity index (χ3n) is 1.80. The summed E-state index contributed by atoms with van der Waals surface area (Å²) in [7, 11) is 0. The number of anilines is 1. The van der Waals surface area contributed by atoms with E-state index in [0.29, 0.717) is 11.7 Å². The first-order valence-corrected chi connectivity index (χ1v) is 4.44. The van der Waals surface area contributed by atoms with Crippen molar-refractivity contribution >= 4 is 11.7 Å². The third kappa shape index (κ3) is 2.00. The molecule has 3 N–H and O–H groups in total. The largest absolute Gasteiger partial charge is 0.444 e.